The Bertz CT molecular complexity index is 310. The predicted molar refractivity (Wildman–Crippen MR) is 61.9 cm³/mol. The first-order chi connectivity index (χ1) is 7.05. The van der Waals surface area contributed by atoms with Crippen molar-refractivity contribution in [3.8, 4) is 0 Å². The van der Waals surface area contributed by atoms with Crippen LogP contribution in [-0.4, -0.2) is 17.4 Å². The quantitative estimate of drug-likeness (QED) is 0.680. The number of hydrogen-bond donors (Lipinski definition) is 0. The van der Waals surface area contributed by atoms with Gasteiger partial charge in [0, 0.05) is 5.92 Å². The van der Waals surface area contributed by atoms with E-state index < -0.39 is 5.60 Å². The lowest BCUT2D eigenvalue weighted by Gasteiger charge is -2.49. The summed E-state index contributed by atoms with van der Waals surface area (Å²) in [5.41, 5.74) is -0.706. The fraction of sp³-hybridized carbons (Fsp3) is 0.846. The lowest BCUT2D eigenvalue weighted by Crippen LogP contribution is -2.53. The number of esters is 1. The Hall–Kier alpha value is -0.860. The van der Waals surface area contributed by atoms with Gasteiger partial charge in [-0.15, -0.1) is 0 Å². The summed E-state index contributed by atoms with van der Waals surface area (Å²) in [6.45, 7) is 11.1. The van der Waals surface area contributed by atoms with Crippen molar-refractivity contribution in [2.45, 2.75) is 53.6 Å². The van der Waals surface area contributed by atoms with Crippen LogP contribution in [-0.2, 0) is 14.3 Å². The highest BCUT2D eigenvalue weighted by Gasteiger charge is 2.54. The van der Waals surface area contributed by atoms with E-state index in [9.17, 15) is 9.59 Å². The van der Waals surface area contributed by atoms with E-state index in [0.717, 1.165) is 0 Å². The molecule has 0 saturated heterocycles. The average molecular weight is 226 g/mol. The Labute approximate surface area is 97.5 Å². The first-order valence-electron chi connectivity index (χ1n) is 5.79. The predicted octanol–water partition coefficient (Wildman–Crippen LogP) is 2.58. The molecular formula is C13H22O3. The normalized spacial score (nSPS) is 28.1. The van der Waals surface area contributed by atoms with Gasteiger partial charge in [0.05, 0.1) is 5.92 Å². The van der Waals surface area contributed by atoms with Gasteiger partial charge in [0.2, 0.25) is 0 Å². The maximum Gasteiger partial charge on any atom is 0.310 e. The van der Waals surface area contributed by atoms with Crippen molar-refractivity contribution in [1.29, 1.82) is 0 Å². The molecule has 1 aliphatic carbocycles. The second kappa shape index (κ2) is 3.86. The highest BCUT2D eigenvalue weighted by atomic mass is 16.6. The van der Waals surface area contributed by atoms with Crippen molar-refractivity contribution in [1.82, 2.24) is 0 Å². The van der Waals surface area contributed by atoms with Crippen molar-refractivity contribution in [2.75, 3.05) is 0 Å². The van der Waals surface area contributed by atoms with Gasteiger partial charge in [0.15, 0.2) is 0 Å². The SMILES string of the molecule is CC(=O)[C@H]1C[C@H](C(=O)OC(C)(C)C)C1(C)C. The van der Waals surface area contributed by atoms with Crippen LogP contribution in [0.3, 0.4) is 0 Å². The third-order valence-electron chi connectivity index (χ3n) is 3.45. The molecule has 92 valence electrons. The number of carbonyl (C=O) groups excluding carboxylic acids is 2. The third kappa shape index (κ3) is 2.45. The van der Waals surface area contributed by atoms with Crippen molar-refractivity contribution in [3.63, 3.8) is 0 Å². The Morgan fingerprint density at radius 2 is 1.69 bits per heavy atom. The molecule has 0 bridgehead atoms. The fourth-order valence-corrected chi connectivity index (χ4v) is 2.39. The van der Waals surface area contributed by atoms with Crippen LogP contribution in [0, 0.1) is 17.3 Å². The Kier molecular flexibility index (Phi) is 3.19. The van der Waals surface area contributed by atoms with Gasteiger partial charge in [-0.3, -0.25) is 9.59 Å². The van der Waals surface area contributed by atoms with Crippen LogP contribution in [0.4, 0.5) is 0 Å². The fourth-order valence-electron chi connectivity index (χ4n) is 2.39. The van der Waals surface area contributed by atoms with Gasteiger partial charge < -0.3 is 4.74 Å². The van der Waals surface area contributed by atoms with Crippen molar-refractivity contribution in [2.24, 2.45) is 17.3 Å². The maximum absolute atomic E-state index is 11.9. The molecule has 16 heavy (non-hydrogen) atoms. The molecule has 0 N–H and O–H groups in total. The van der Waals surface area contributed by atoms with Gasteiger partial charge >= 0.3 is 5.97 Å². The van der Waals surface area contributed by atoms with Crippen LogP contribution in [0.5, 0.6) is 0 Å². The van der Waals surface area contributed by atoms with Crippen LogP contribution >= 0.6 is 0 Å². The number of hydrogen-bond acceptors (Lipinski definition) is 3. The van der Waals surface area contributed by atoms with Crippen molar-refractivity contribution in [3.05, 3.63) is 0 Å². The number of Topliss-reactive ketones (excluding diaryl/α,β-unsaturated/α-hetero) is 1. The van der Waals surface area contributed by atoms with Gasteiger partial charge in [0.1, 0.15) is 11.4 Å². The highest BCUT2D eigenvalue weighted by molar-refractivity contribution is 5.85. The summed E-state index contributed by atoms with van der Waals surface area (Å²) in [4.78, 5) is 23.2. The highest BCUT2D eigenvalue weighted by Crippen LogP contribution is 2.52. The van der Waals surface area contributed by atoms with Crippen molar-refractivity contribution >= 4 is 11.8 Å². The summed E-state index contributed by atoms with van der Waals surface area (Å²) in [5.74, 6) is -0.134. The molecule has 0 radical (unpaired) electrons. The van der Waals surface area contributed by atoms with E-state index in [0.29, 0.717) is 6.42 Å². The van der Waals surface area contributed by atoms with Crippen LogP contribution in [0.2, 0.25) is 0 Å². The molecule has 0 aromatic heterocycles. The van der Waals surface area contributed by atoms with Gasteiger partial charge in [-0.05, 0) is 39.5 Å². The first kappa shape index (κ1) is 13.2. The molecule has 0 spiro atoms. The molecule has 2 atom stereocenters. The molecular weight excluding hydrogens is 204 g/mol. The minimum atomic E-state index is -0.450. The van der Waals surface area contributed by atoms with E-state index in [2.05, 4.69) is 0 Å². The van der Waals surface area contributed by atoms with E-state index in [1.165, 1.54) is 0 Å². The molecule has 1 aliphatic rings. The van der Waals surface area contributed by atoms with Crippen LogP contribution in [0.1, 0.15) is 48.0 Å². The molecule has 1 saturated carbocycles. The zero-order chi connectivity index (χ0) is 12.7. The zero-order valence-corrected chi connectivity index (χ0v) is 11.1. The minimum absolute atomic E-state index is 0.00465. The lowest BCUT2D eigenvalue weighted by molar-refractivity contribution is -0.177. The molecule has 0 aliphatic heterocycles. The summed E-state index contributed by atoms with van der Waals surface area (Å²) in [7, 11) is 0. The largest absolute Gasteiger partial charge is 0.460 e. The monoisotopic (exact) mass is 226 g/mol. The van der Waals surface area contributed by atoms with Crippen LogP contribution < -0.4 is 0 Å². The molecule has 0 amide bonds. The second-order valence-electron chi connectivity index (χ2n) is 6.31. The van der Waals surface area contributed by atoms with E-state index in [1.54, 1.807) is 6.92 Å². The van der Waals surface area contributed by atoms with Crippen LogP contribution in [0.15, 0.2) is 0 Å². The Morgan fingerprint density at radius 1 is 1.19 bits per heavy atom. The molecule has 0 aromatic carbocycles. The third-order valence-corrected chi connectivity index (χ3v) is 3.45. The van der Waals surface area contributed by atoms with Gasteiger partial charge in [-0.25, -0.2) is 0 Å². The molecule has 0 heterocycles. The van der Waals surface area contributed by atoms with E-state index >= 15 is 0 Å². The Balaban J connectivity index is 2.66. The topological polar surface area (TPSA) is 43.4 Å². The number of rotatable bonds is 2. The van der Waals surface area contributed by atoms with Gasteiger partial charge in [-0.2, -0.15) is 0 Å². The minimum Gasteiger partial charge on any atom is -0.460 e. The molecule has 3 heteroatoms. The second-order valence-corrected chi connectivity index (χ2v) is 6.31. The summed E-state index contributed by atoms with van der Waals surface area (Å²) in [6, 6.07) is 0. The van der Waals surface area contributed by atoms with Crippen LogP contribution in [0.25, 0.3) is 0 Å². The zero-order valence-electron chi connectivity index (χ0n) is 11.1. The summed E-state index contributed by atoms with van der Waals surface area (Å²) in [5, 5.41) is 0. The van der Waals surface area contributed by atoms with Crippen molar-refractivity contribution < 1.29 is 14.3 Å². The number of carbonyl (C=O) groups is 2. The molecule has 1 rings (SSSR count). The summed E-state index contributed by atoms with van der Waals surface area (Å²) >= 11 is 0. The first-order valence-corrected chi connectivity index (χ1v) is 5.79. The summed E-state index contributed by atoms with van der Waals surface area (Å²) in [6.07, 6.45) is 0.636. The van der Waals surface area contributed by atoms with E-state index in [4.69, 9.17) is 4.74 Å². The number of ether oxygens (including phenoxy) is 1. The average Bonchev–Trinajstić information content (AvgIpc) is 1.97. The lowest BCUT2D eigenvalue weighted by atomic mass is 9.53. The van der Waals surface area contributed by atoms with E-state index in [1.807, 2.05) is 34.6 Å². The molecule has 0 unspecified atom stereocenters. The molecule has 3 nitrogen and oxygen atoms in total. The Morgan fingerprint density at radius 3 is 2.00 bits per heavy atom. The smallest absolute Gasteiger partial charge is 0.310 e. The standard InChI is InChI=1S/C13H22O3/c1-8(14)9-7-10(13(9,5)6)11(15)16-12(2,3)4/h9-10H,7H2,1-6H3/t9-,10-/m1/s1. The molecule has 0 aromatic rings. The maximum atomic E-state index is 11.9. The van der Waals surface area contributed by atoms with E-state index in [-0.39, 0.29) is 29.0 Å². The van der Waals surface area contributed by atoms with Gasteiger partial charge in [-0.1, -0.05) is 13.8 Å². The molecule has 1 fully saturated rings. The summed E-state index contributed by atoms with van der Waals surface area (Å²) < 4.78 is 5.36. The van der Waals surface area contributed by atoms with Gasteiger partial charge in [0.25, 0.3) is 0 Å². The number of ketones is 1.